The van der Waals surface area contributed by atoms with Crippen molar-refractivity contribution in [1.29, 1.82) is 0 Å². The Morgan fingerprint density at radius 3 is 2.73 bits per heavy atom. The summed E-state index contributed by atoms with van der Waals surface area (Å²) in [4.78, 5) is 24.2. The molecule has 5 nitrogen and oxygen atoms in total. The highest BCUT2D eigenvalue weighted by Crippen LogP contribution is 2.28. The van der Waals surface area contributed by atoms with Crippen LogP contribution in [0.1, 0.15) is 15.2 Å². The molecule has 0 aliphatic rings. The molecule has 0 spiro atoms. The Labute approximate surface area is 153 Å². The van der Waals surface area contributed by atoms with Gasteiger partial charge in [-0.15, -0.1) is 11.3 Å². The lowest BCUT2D eigenvalue weighted by molar-refractivity contribution is -0.124. The van der Waals surface area contributed by atoms with Crippen LogP contribution in [0.2, 0.25) is 0 Å². The summed E-state index contributed by atoms with van der Waals surface area (Å²) in [7, 11) is 1.55. The van der Waals surface area contributed by atoms with E-state index in [1.807, 2.05) is 18.2 Å². The lowest BCUT2D eigenvalue weighted by Crippen LogP contribution is -2.28. The topological polar surface area (TPSA) is 64.6 Å². The van der Waals surface area contributed by atoms with E-state index in [-0.39, 0.29) is 11.4 Å². The standard InChI is InChI=1S/C19H16FNO4S/c1-24-15-7-3-2-5-12(15)10-21-18(22)11-25-19(23)17-9-13-14(20)6-4-8-16(13)26-17/h2-9H,10-11H2,1H3,(H,21,22). The van der Waals surface area contributed by atoms with Gasteiger partial charge in [0.1, 0.15) is 16.4 Å². The Bertz CT molecular complexity index is 954. The predicted molar refractivity (Wildman–Crippen MR) is 96.9 cm³/mol. The summed E-state index contributed by atoms with van der Waals surface area (Å²) in [5.74, 6) is -0.820. The second-order valence-electron chi connectivity index (χ2n) is 5.43. The third kappa shape index (κ3) is 4.00. The number of nitrogens with one attached hydrogen (secondary N) is 1. The maximum Gasteiger partial charge on any atom is 0.348 e. The molecule has 0 atom stereocenters. The highest BCUT2D eigenvalue weighted by atomic mass is 32.1. The SMILES string of the molecule is COc1ccccc1CNC(=O)COC(=O)c1cc2c(F)cccc2s1. The van der Waals surface area contributed by atoms with Gasteiger partial charge in [-0.2, -0.15) is 0 Å². The second-order valence-corrected chi connectivity index (χ2v) is 6.51. The minimum atomic E-state index is -0.655. The molecule has 0 saturated carbocycles. The number of thiophene rings is 1. The van der Waals surface area contributed by atoms with E-state index in [1.54, 1.807) is 25.3 Å². The van der Waals surface area contributed by atoms with E-state index in [9.17, 15) is 14.0 Å². The minimum absolute atomic E-state index is 0.252. The second kappa shape index (κ2) is 7.97. The number of halogens is 1. The molecule has 0 aliphatic carbocycles. The normalized spacial score (nSPS) is 10.5. The molecule has 3 rings (SSSR count). The van der Waals surface area contributed by atoms with Crippen molar-refractivity contribution in [3.63, 3.8) is 0 Å². The molecule has 0 fully saturated rings. The number of fused-ring (bicyclic) bond motifs is 1. The fraction of sp³-hybridized carbons (Fsp3) is 0.158. The molecule has 1 N–H and O–H groups in total. The first-order valence-electron chi connectivity index (χ1n) is 7.82. The Kier molecular flexibility index (Phi) is 5.48. The van der Waals surface area contributed by atoms with Crippen molar-refractivity contribution in [2.24, 2.45) is 0 Å². The van der Waals surface area contributed by atoms with Crippen LogP contribution in [0, 0.1) is 5.82 Å². The number of rotatable bonds is 6. The van der Waals surface area contributed by atoms with E-state index in [0.717, 1.165) is 16.9 Å². The van der Waals surface area contributed by atoms with Crippen LogP contribution in [-0.2, 0) is 16.1 Å². The summed E-state index contributed by atoms with van der Waals surface area (Å²) in [6.45, 7) is -0.154. The highest BCUT2D eigenvalue weighted by Gasteiger charge is 2.15. The van der Waals surface area contributed by atoms with Gasteiger partial charge >= 0.3 is 5.97 Å². The van der Waals surface area contributed by atoms with Gasteiger partial charge in [-0.3, -0.25) is 4.79 Å². The number of hydrogen-bond donors (Lipinski definition) is 1. The van der Waals surface area contributed by atoms with Crippen LogP contribution in [0.5, 0.6) is 5.75 Å². The van der Waals surface area contributed by atoms with Crippen LogP contribution in [0.3, 0.4) is 0 Å². The van der Waals surface area contributed by atoms with Crippen molar-refractivity contribution in [2.75, 3.05) is 13.7 Å². The van der Waals surface area contributed by atoms with Gasteiger partial charge in [0.25, 0.3) is 5.91 Å². The van der Waals surface area contributed by atoms with Crippen LogP contribution < -0.4 is 10.1 Å². The molecule has 1 heterocycles. The first-order valence-corrected chi connectivity index (χ1v) is 8.64. The predicted octanol–water partition coefficient (Wildman–Crippen LogP) is 3.52. The first-order chi connectivity index (χ1) is 12.6. The third-order valence-corrected chi connectivity index (χ3v) is 4.79. The number of amides is 1. The smallest absolute Gasteiger partial charge is 0.348 e. The van der Waals surface area contributed by atoms with Gasteiger partial charge in [0.2, 0.25) is 0 Å². The summed E-state index contributed by atoms with van der Waals surface area (Å²) >= 11 is 1.12. The van der Waals surface area contributed by atoms with E-state index < -0.39 is 24.3 Å². The quantitative estimate of drug-likeness (QED) is 0.672. The number of ether oxygens (including phenoxy) is 2. The van der Waals surface area contributed by atoms with Crippen molar-refractivity contribution in [1.82, 2.24) is 5.32 Å². The van der Waals surface area contributed by atoms with Gasteiger partial charge in [0.05, 0.1) is 7.11 Å². The Morgan fingerprint density at radius 1 is 1.15 bits per heavy atom. The van der Waals surface area contributed by atoms with Crippen molar-refractivity contribution in [3.8, 4) is 5.75 Å². The zero-order chi connectivity index (χ0) is 18.5. The Hall–Kier alpha value is -2.93. The van der Waals surface area contributed by atoms with Gasteiger partial charge in [0.15, 0.2) is 6.61 Å². The van der Waals surface area contributed by atoms with Gasteiger partial charge in [-0.1, -0.05) is 24.3 Å². The number of carbonyl (C=O) groups is 2. The number of para-hydroxylation sites is 1. The van der Waals surface area contributed by atoms with Crippen molar-refractivity contribution >= 4 is 33.3 Å². The van der Waals surface area contributed by atoms with Crippen LogP contribution in [-0.4, -0.2) is 25.6 Å². The lowest BCUT2D eigenvalue weighted by atomic mass is 10.2. The average molecular weight is 373 g/mol. The molecule has 0 radical (unpaired) electrons. The minimum Gasteiger partial charge on any atom is -0.496 e. The van der Waals surface area contributed by atoms with Crippen molar-refractivity contribution in [3.05, 3.63) is 64.8 Å². The molecule has 134 valence electrons. The summed E-state index contributed by atoms with van der Waals surface area (Å²) in [6.07, 6.45) is 0. The fourth-order valence-corrected chi connectivity index (χ4v) is 3.39. The maximum atomic E-state index is 13.7. The number of benzene rings is 2. The number of methoxy groups -OCH3 is 1. The first kappa shape index (κ1) is 17.9. The van der Waals surface area contributed by atoms with Gasteiger partial charge in [-0.25, -0.2) is 9.18 Å². The zero-order valence-corrected chi connectivity index (χ0v) is 14.8. The summed E-state index contributed by atoms with van der Waals surface area (Å²) in [5, 5.41) is 3.03. The fourth-order valence-electron chi connectivity index (χ4n) is 2.42. The van der Waals surface area contributed by atoms with Crippen LogP contribution in [0.15, 0.2) is 48.5 Å². The molecular weight excluding hydrogens is 357 g/mol. The van der Waals surface area contributed by atoms with E-state index in [2.05, 4.69) is 5.32 Å². The molecule has 26 heavy (non-hydrogen) atoms. The van der Waals surface area contributed by atoms with Gasteiger partial charge in [0, 0.05) is 22.2 Å². The molecule has 0 bridgehead atoms. The summed E-state index contributed by atoms with van der Waals surface area (Å²) < 4.78 is 24.5. The molecule has 1 aromatic heterocycles. The van der Waals surface area contributed by atoms with Crippen molar-refractivity contribution in [2.45, 2.75) is 6.54 Å². The average Bonchev–Trinajstić information content (AvgIpc) is 3.10. The lowest BCUT2D eigenvalue weighted by Gasteiger charge is -2.09. The monoisotopic (exact) mass is 373 g/mol. The molecule has 7 heteroatoms. The molecule has 0 unspecified atom stereocenters. The number of carbonyl (C=O) groups excluding carboxylic acids is 2. The van der Waals surface area contributed by atoms with E-state index in [0.29, 0.717) is 15.8 Å². The Balaban J connectivity index is 1.55. The highest BCUT2D eigenvalue weighted by molar-refractivity contribution is 7.20. The molecule has 2 aromatic carbocycles. The molecule has 1 amide bonds. The van der Waals surface area contributed by atoms with Crippen LogP contribution in [0.4, 0.5) is 4.39 Å². The van der Waals surface area contributed by atoms with Gasteiger partial charge < -0.3 is 14.8 Å². The van der Waals surface area contributed by atoms with Crippen LogP contribution in [0.25, 0.3) is 10.1 Å². The summed E-state index contributed by atoms with van der Waals surface area (Å²) in [5.41, 5.74) is 0.814. The third-order valence-electron chi connectivity index (χ3n) is 3.71. The van der Waals surface area contributed by atoms with Gasteiger partial charge in [-0.05, 0) is 24.3 Å². The van der Waals surface area contributed by atoms with Crippen molar-refractivity contribution < 1.29 is 23.5 Å². The largest absolute Gasteiger partial charge is 0.496 e. The van der Waals surface area contributed by atoms with E-state index in [4.69, 9.17) is 9.47 Å². The molecular formula is C19H16FNO4S. The zero-order valence-electron chi connectivity index (χ0n) is 14.0. The maximum absolute atomic E-state index is 13.7. The number of hydrogen-bond acceptors (Lipinski definition) is 5. The van der Waals surface area contributed by atoms with E-state index in [1.165, 1.54) is 12.1 Å². The Morgan fingerprint density at radius 2 is 1.96 bits per heavy atom. The van der Waals surface area contributed by atoms with Crippen LogP contribution >= 0.6 is 11.3 Å². The molecule has 3 aromatic rings. The van der Waals surface area contributed by atoms with E-state index >= 15 is 0 Å². The molecule has 0 saturated heterocycles. The number of esters is 1. The summed E-state index contributed by atoms with van der Waals surface area (Å²) in [6, 6.07) is 13.4. The molecule has 0 aliphatic heterocycles.